The van der Waals surface area contributed by atoms with Crippen LogP contribution in [0.2, 0.25) is 0 Å². The van der Waals surface area contributed by atoms with Gasteiger partial charge in [0.1, 0.15) is 11.3 Å². The molecule has 0 atom stereocenters. The number of para-hydroxylation sites is 2. The summed E-state index contributed by atoms with van der Waals surface area (Å²) in [6, 6.07) is 43.9. The zero-order valence-corrected chi connectivity index (χ0v) is 23.8. The highest BCUT2D eigenvalue weighted by molar-refractivity contribution is 6.09. The van der Waals surface area contributed by atoms with E-state index in [1.165, 1.54) is 21.8 Å². The highest BCUT2D eigenvalue weighted by Crippen LogP contribution is 2.40. The van der Waals surface area contributed by atoms with Crippen molar-refractivity contribution in [2.75, 3.05) is 0 Å². The molecule has 8 aromatic rings. The zero-order chi connectivity index (χ0) is 29.0. The van der Waals surface area contributed by atoms with Crippen LogP contribution in [-0.2, 0) is 6.42 Å². The summed E-state index contributed by atoms with van der Waals surface area (Å²) in [7, 11) is 0. The molecular formula is C39H26N4O. The van der Waals surface area contributed by atoms with Crippen molar-refractivity contribution in [3.05, 3.63) is 151 Å². The van der Waals surface area contributed by atoms with Crippen molar-refractivity contribution in [3.8, 4) is 28.5 Å². The summed E-state index contributed by atoms with van der Waals surface area (Å²) in [5, 5.41) is 3.55. The summed E-state index contributed by atoms with van der Waals surface area (Å²) < 4.78 is 8.94. The molecule has 3 aromatic heterocycles. The molecule has 5 heteroatoms. The van der Waals surface area contributed by atoms with Crippen molar-refractivity contribution in [1.82, 2.24) is 19.5 Å². The first kappa shape index (κ1) is 24.8. The molecule has 5 nitrogen and oxygen atoms in total. The average molecular weight is 567 g/mol. The van der Waals surface area contributed by atoms with Crippen LogP contribution in [0.4, 0.5) is 0 Å². The fourth-order valence-electron chi connectivity index (χ4n) is 6.53. The van der Waals surface area contributed by atoms with E-state index in [0.29, 0.717) is 17.5 Å². The summed E-state index contributed by atoms with van der Waals surface area (Å²) in [6.45, 7) is 0. The van der Waals surface area contributed by atoms with Crippen molar-refractivity contribution in [2.24, 2.45) is 0 Å². The van der Waals surface area contributed by atoms with Gasteiger partial charge in [-0.3, -0.25) is 0 Å². The minimum atomic E-state index is 0.656. The number of fused-ring (bicyclic) bond motifs is 6. The number of rotatable bonds is 4. The standard InChI is InChI=1S/C39H26N4O/c1-3-12-25(13-4-1)37-40-38(26-14-5-2-6-15-26)42-39(41-37)31-18-11-21-34-36(31)30-23-22-27(24-35(30)44-34)43-32-19-9-7-16-28(32)29-17-8-10-20-33(29)43/h1-10,12-20,22-24H,11,21H2. The van der Waals surface area contributed by atoms with Crippen LogP contribution in [0, 0.1) is 0 Å². The topological polar surface area (TPSA) is 56.7 Å². The van der Waals surface area contributed by atoms with Crippen LogP contribution in [0.3, 0.4) is 0 Å². The first-order valence-corrected chi connectivity index (χ1v) is 14.9. The maximum absolute atomic E-state index is 6.61. The minimum Gasteiger partial charge on any atom is -0.460 e. The van der Waals surface area contributed by atoms with Crippen molar-refractivity contribution < 1.29 is 4.42 Å². The van der Waals surface area contributed by atoms with Crippen molar-refractivity contribution in [2.45, 2.75) is 12.8 Å². The summed E-state index contributed by atoms with van der Waals surface area (Å²) >= 11 is 0. The number of hydrogen-bond donors (Lipinski definition) is 0. The van der Waals surface area contributed by atoms with E-state index in [9.17, 15) is 0 Å². The Kier molecular flexibility index (Phi) is 5.56. The molecular weight excluding hydrogens is 540 g/mol. The monoisotopic (exact) mass is 566 g/mol. The molecule has 0 amide bonds. The van der Waals surface area contributed by atoms with E-state index < -0.39 is 0 Å². The van der Waals surface area contributed by atoms with Gasteiger partial charge in [-0.05, 0) is 30.7 Å². The first-order chi connectivity index (χ1) is 21.8. The first-order valence-electron chi connectivity index (χ1n) is 14.9. The molecule has 1 aliphatic rings. The minimum absolute atomic E-state index is 0.656. The van der Waals surface area contributed by atoms with E-state index >= 15 is 0 Å². The maximum Gasteiger partial charge on any atom is 0.164 e. The smallest absolute Gasteiger partial charge is 0.164 e. The van der Waals surface area contributed by atoms with Crippen LogP contribution < -0.4 is 0 Å². The molecule has 9 rings (SSSR count). The third-order valence-electron chi connectivity index (χ3n) is 8.51. The molecule has 0 N–H and O–H groups in total. The number of aryl methyl sites for hydroxylation is 1. The third-order valence-corrected chi connectivity index (χ3v) is 8.51. The average Bonchev–Trinajstić information content (AvgIpc) is 3.64. The Hall–Kier alpha value is -5.81. The lowest BCUT2D eigenvalue weighted by molar-refractivity contribution is 0.545. The Labute approximate surface area is 253 Å². The molecule has 0 unspecified atom stereocenters. The highest BCUT2D eigenvalue weighted by Gasteiger charge is 2.25. The van der Waals surface area contributed by atoms with Crippen LogP contribution in [0.25, 0.3) is 66.8 Å². The fraction of sp³-hybridized carbons (Fsp3) is 0.0513. The van der Waals surface area contributed by atoms with Gasteiger partial charge in [0.2, 0.25) is 0 Å². The number of hydrogen-bond acceptors (Lipinski definition) is 4. The summed E-state index contributed by atoms with van der Waals surface area (Å²) in [6.07, 6.45) is 3.94. The van der Waals surface area contributed by atoms with Gasteiger partial charge in [-0.15, -0.1) is 0 Å². The highest BCUT2D eigenvalue weighted by atomic mass is 16.3. The van der Waals surface area contributed by atoms with Crippen molar-refractivity contribution in [1.29, 1.82) is 0 Å². The molecule has 0 aliphatic heterocycles. The van der Waals surface area contributed by atoms with Gasteiger partial charge in [0.15, 0.2) is 17.5 Å². The van der Waals surface area contributed by atoms with Gasteiger partial charge in [-0.25, -0.2) is 15.0 Å². The van der Waals surface area contributed by atoms with Gasteiger partial charge in [-0.2, -0.15) is 0 Å². The Bertz CT molecular complexity index is 2270. The molecule has 0 fully saturated rings. The van der Waals surface area contributed by atoms with Gasteiger partial charge in [-0.1, -0.05) is 103 Å². The SMILES string of the molecule is C1=C(c2nc(-c3ccccc3)nc(-c3ccccc3)n2)c2c(oc3cc(-n4c5ccccc5c5ccccc54)ccc23)CC1. The van der Waals surface area contributed by atoms with Gasteiger partial charge < -0.3 is 8.98 Å². The van der Waals surface area contributed by atoms with Gasteiger partial charge in [0, 0.05) is 56.6 Å². The summed E-state index contributed by atoms with van der Waals surface area (Å²) in [5.74, 6) is 2.94. The maximum atomic E-state index is 6.61. The Morgan fingerprint density at radius 2 is 1.11 bits per heavy atom. The zero-order valence-electron chi connectivity index (χ0n) is 23.8. The van der Waals surface area contributed by atoms with E-state index in [1.807, 2.05) is 60.7 Å². The number of allylic oxidation sites excluding steroid dienone is 1. The lowest BCUT2D eigenvalue weighted by Gasteiger charge is -2.14. The van der Waals surface area contributed by atoms with Crippen LogP contribution in [0.15, 0.2) is 138 Å². The van der Waals surface area contributed by atoms with E-state index in [1.54, 1.807) is 0 Å². The van der Waals surface area contributed by atoms with Crippen LogP contribution in [-0.4, -0.2) is 19.5 Å². The molecule has 3 heterocycles. The second kappa shape index (κ2) is 9.89. The molecule has 0 bridgehead atoms. The van der Waals surface area contributed by atoms with Gasteiger partial charge in [0.05, 0.1) is 11.0 Å². The molecule has 44 heavy (non-hydrogen) atoms. The van der Waals surface area contributed by atoms with Crippen molar-refractivity contribution >= 4 is 38.3 Å². The normalized spacial score (nSPS) is 13.0. The lowest BCUT2D eigenvalue weighted by atomic mass is 9.93. The van der Waals surface area contributed by atoms with Gasteiger partial charge in [0.25, 0.3) is 0 Å². The second-order valence-corrected chi connectivity index (χ2v) is 11.1. The van der Waals surface area contributed by atoms with Crippen LogP contribution in [0.5, 0.6) is 0 Å². The van der Waals surface area contributed by atoms with Crippen LogP contribution >= 0.6 is 0 Å². The second-order valence-electron chi connectivity index (χ2n) is 11.1. The Morgan fingerprint density at radius 1 is 0.545 bits per heavy atom. The molecule has 0 spiro atoms. The molecule has 0 radical (unpaired) electrons. The summed E-state index contributed by atoms with van der Waals surface area (Å²) in [5.41, 5.74) is 8.27. The molecule has 0 saturated heterocycles. The van der Waals surface area contributed by atoms with E-state index in [0.717, 1.165) is 57.5 Å². The predicted octanol–water partition coefficient (Wildman–Crippen LogP) is 9.43. The van der Waals surface area contributed by atoms with E-state index in [2.05, 4.69) is 77.4 Å². The number of aromatic nitrogens is 4. The molecule has 208 valence electrons. The summed E-state index contributed by atoms with van der Waals surface area (Å²) in [4.78, 5) is 14.9. The number of furan rings is 1. The van der Waals surface area contributed by atoms with E-state index in [4.69, 9.17) is 19.4 Å². The van der Waals surface area contributed by atoms with E-state index in [-0.39, 0.29) is 0 Å². The molecule has 0 saturated carbocycles. The number of benzene rings is 5. The van der Waals surface area contributed by atoms with Crippen molar-refractivity contribution in [3.63, 3.8) is 0 Å². The molecule has 5 aromatic carbocycles. The van der Waals surface area contributed by atoms with Crippen LogP contribution in [0.1, 0.15) is 23.6 Å². The van der Waals surface area contributed by atoms with Gasteiger partial charge >= 0.3 is 0 Å². The largest absolute Gasteiger partial charge is 0.460 e. The third kappa shape index (κ3) is 3.90. The molecule has 1 aliphatic carbocycles. The Morgan fingerprint density at radius 3 is 1.75 bits per heavy atom. The lowest BCUT2D eigenvalue weighted by Crippen LogP contribution is -2.06. The Balaban J connectivity index is 1.22. The quantitative estimate of drug-likeness (QED) is 0.213. The fourth-order valence-corrected chi connectivity index (χ4v) is 6.53. The predicted molar refractivity (Wildman–Crippen MR) is 177 cm³/mol. The number of nitrogens with zero attached hydrogens (tertiary/aromatic N) is 4.